The maximum atomic E-state index is 14.0. The maximum absolute atomic E-state index is 14.0. The number of hydrogen-bond donors (Lipinski definition) is 0. The average molecular weight is 624 g/mol. The lowest BCUT2D eigenvalue weighted by Crippen LogP contribution is -2.40. The van der Waals surface area contributed by atoms with E-state index in [0.29, 0.717) is 33.3 Å². The second-order valence-corrected chi connectivity index (χ2v) is 10.4. The van der Waals surface area contributed by atoms with Gasteiger partial charge < -0.3 is 23.4 Å². The van der Waals surface area contributed by atoms with E-state index in [9.17, 15) is 24.1 Å². The summed E-state index contributed by atoms with van der Waals surface area (Å²) in [4.78, 5) is 42.4. The van der Waals surface area contributed by atoms with Crippen molar-refractivity contribution >= 4 is 29.1 Å². The molecule has 1 aliphatic rings. The van der Waals surface area contributed by atoms with E-state index >= 15 is 0 Å². The molecule has 0 N–H and O–H groups in total. The lowest BCUT2D eigenvalue weighted by Gasteiger charge is -2.26. The largest absolute Gasteiger partial charge is 0.493 e. The quantitative estimate of drug-likeness (QED) is 0.153. The van der Waals surface area contributed by atoms with Gasteiger partial charge in [0.05, 0.1) is 54.7 Å². The Hall–Kier alpha value is -5.24. The van der Waals surface area contributed by atoms with E-state index in [0.717, 1.165) is 23.5 Å². The number of ether oxygens (including phenoxy) is 4. The summed E-state index contributed by atoms with van der Waals surface area (Å²) in [6.45, 7) is 3.45. The van der Waals surface area contributed by atoms with Crippen LogP contribution in [0.1, 0.15) is 31.2 Å². The Kier molecular flexibility index (Phi) is 8.36. The van der Waals surface area contributed by atoms with E-state index in [-0.39, 0.29) is 33.8 Å². The Balaban J connectivity index is 1.67. The Morgan fingerprint density at radius 2 is 1.84 bits per heavy atom. The van der Waals surface area contributed by atoms with Crippen LogP contribution in [0.4, 0.5) is 10.1 Å². The van der Waals surface area contributed by atoms with Gasteiger partial charge in [-0.25, -0.2) is 9.79 Å². The van der Waals surface area contributed by atoms with Gasteiger partial charge in [-0.15, -0.1) is 0 Å². The minimum absolute atomic E-state index is 0.111. The first-order chi connectivity index (χ1) is 21.1. The van der Waals surface area contributed by atoms with Crippen LogP contribution in [0.15, 0.2) is 67.9 Å². The van der Waals surface area contributed by atoms with Crippen molar-refractivity contribution in [1.82, 2.24) is 4.57 Å². The van der Waals surface area contributed by atoms with Gasteiger partial charge >= 0.3 is 11.7 Å². The Morgan fingerprint density at radius 1 is 1.14 bits per heavy atom. The zero-order valence-corrected chi connectivity index (χ0v) is 25.0. The maximum Gasteiger partial charge on any atom is 0.338 e. The number of aromatic nitrogens is 1. The van der Waals surface area contributed by atoms with Crippen molar-refractivity contribution in [1.29, 1.82) is 0 Å². The summed E-state index contributed by atoms with van der Waals surface area (Å²) < 4.78 is 43.2. The molecule has 0 bridgehead atoms. The summed E-state index contributed by atoms with van der Waals surface area (Å²) in [5.41, 5.74) is 0.163. The molecule has 14 heteroatoms. The highest BCUT2D eigenvalue weighted by atomic mass is 32.1. The summed E-state index contributed by atoms with van der Waals surface area (Å²) in [5, 5.41) is 11.2. The Labute approximate surface area is 253 Å². The van der Waals surface area contributed by atoms with Gasteiger partial charge in [0.15, 0.2) is 16.3 Å². The van der Waals surface area contributed by atoms with Crippen molar-refractivity contribution in [2.75, 3.05) is 27.9 Å². The van der Waals surface area contributed by atoms with Crippen molar-refractivity contribution in [3.8, 4) is 28.6 Å². The zero-order valence-electron chi connectivity index (χ0n) is 24.2. The van der Waals surface area contributed by atoms with Crippen LogP contribution in [0.25, 0.3) is 17.4 Å². The number of esters is 1. The molecule has 1 aliphatic heterocycles. The lowest BCUT2D eigenvalue weighted by atomic mass is 9.95. The van der Waals surface area contributed by atoms with Gasteiger partial charge in [-0.2, -0.15) is 4.39 Å². The number of rotatable bonds is 9. The predicted molar refractivity (Wildman–Crippen MR) is 157 cm³/mol. The molecule has 2 aromatic carbocycles. The number of methoxy groups -OCH3 is 3. The van der Waals surface area contributed by atoms with E-state index < -0.39 is 34.0 Å². The molecule has 0 saturated heterocycles. The number of hydrogen-bond acceptors (Lipinski definition) is 11. The molecule has 1 atom stereocenters. The molecular formula is C30H26FN3O9S. The van der Waals surface area contributed by atoms with Crippen molar-refractivity contribution in [3.63, 3.8) is 0 Å². The first-order valence-corrected chi connectivity index (χ1v) is 14.0. The predicted octanol–water partition coefficient (Wildman–Crippen LogP) is 4.13. The third-order valence-electron chi connectivity index (χ3n) is 6.85. The highest BCUT2D eigenvalue weighted by molar-refractivity contribution is 7.07. The van der Waals surface area contributed by atoms with Gasteiger partial charge in [0, 0.05) is 17.7 Å². The second kappa shape index (κ2) is 12.2. The fraction of sp³-hybridized carbons (Fsp3) is 0.233. The molecule has 0 spiro atoms. The lowest BCUT2D eigenvalue weighted by molar-refractivity contribution is -0.387. The van der Waals surface area contributed by atoms with Crippen LogP contribution in [0.3, 0.4) is 0 Å². The van der Waals surface area contributed by atoms with Crippen LogP contribution in [0.5, 0.6) is 17.2 Å². The van der Waals surface area contributed by atoms with Crippen molar-refractivity contribution in [3.05, 3.63) is 101 Å². The van der Waals surface area contributed by atoms with Gasteiger partial charge in [0.1, 0.15) is 11.5 Å². The highest BCUT2D eigenvalue weighted by Crippen LogP contribution is 2.42. The van der Waals surface area contributed by atoms with Gasteiger partial charge in [0.2, 0.25) is 11.6 Å². The van der Waals surface area contributed by atoms with Crippen molar-refractivity contribution in [2.45, 2.75) is 19.9 Å². The molecule has 228 valence electrons. The molecule has 5 rings (SSSR count). The molecule has 0 saturated carbocycles. The van der Waals surface area contributed by atoms with Crippen LogP contribution >= 0.6 is 11.3 Å². The van der Waals surface area contributed by atoms with E-state index in [1.807, 2.05) is 0 Å². The molecule has 12 nitrogen and oxygen atoms in total. The highest BCUT2D eigenvalue weighted by Gasteiger charge is 2.34. The number of fused-ring (bicyclic) bond motifs is 1. The van der Waals surface area contributed by atoms with Gasteiger partial charge in [0.25, 0.3) is 5.56 Å². The number of halogens is 1. The second-order valence-electron chi connectivity index (χ2n) is 9.39. The number of nitrogens with zero attached hydrogens (tertiary/aromatic N) is 3. The van der Waals surface area contributed by atoms with Gasteiger partial charge in [-0.3, -0.25) is 19.5 Å². The molecule has 0 amide bonds. The first-order valence-electron chi connectivity index (χ1n) is 13.2. The first kappa shape index (κ1) is 30.2. The third-order valence-corrected chi connectivity index (χ3v) is 7.83. The number of thiazole rings is 1. The monoisotopic (exact) mass is 623 g/mol. The summed E-state index contributed by atoms with van der Waals surface area (Å²) in [6, 6.07) is 8.91. The van der Waals surface area contributed by atoms with E-state index in [1.165, 1.54) is 38.0 Å². The molecule has 0 unspecified atom stereocenters. The van der Waals surface area contributed by atoms with Crippen LogP contribution in [0.2, 0.25) is 0 Å². The van der Waals surface area contributed by atoms with Crippen LogP contribution in [0, 0.1) is 15.9 Å². The number of furan rings is 1. The smallest absolute Gasteiger partial charge is 0.338 e. The molecule has 4 aromatic rings. The summed E-state index contributed by atoms with van der Waals surface area (Å²) in [5.74, 6) is -0.107. The molecule has 44 heavy (non-hydrogen) atoms. The minimum atomic E-state index is -0.967. The van der Waals surface area contributed by atoms with E-state index in [4.69, 9.17) is 23.4 Å². The molecule has 0 aliphatic carbocycles. The third kappa shape index (κ3) is 5.35. The number of carbonyl (C=O) groups is 1. The van der Waals surface area contributed by atoms with E-state index in [2.05, 4.69) is 4.99 Å². The van der Waals surface area contributed by atoms with Crippen molar-refractivity contribution < 1.29 is 37.5 Å². The number of nitro benzene ring substituents is 1. The standard InChI is InChI=1S/C30H26FN3O9S/c1-6-42-29(36)25-15(2)32-30-33(26(25)17-12-22(39-3)27(41-5)23(13-17)40-4)28(35)24(44-30)14-18-8-10-21(43-18)16-7-9-19(31)20(11-16)34(37)38/h7-14,26H,6H2,1-5H3/b24-14-/t26-/m1/s1. The number of carbonyl (C=O) groups excluding carboxylic acids is 1. The Bertz CT molecular complexity index is 1980. The minimum Gasteiger partial charge on any atom is -0.493 e. The van der Waals surface area contributed by atoms with Gasteiger partial charge in [-0.1, -0.05) is 11.3 Å². The number of nitro groups is 1. The summed E-state index contributed by atoms with van der Waals surface area (Å²) in [7, 11) is 4.39. The van der Waals surface area contributed by atoms with Crippen LogP contribution in [-0.4, -0.2) is 43.4 Å². The zero-order chi connectivity index (χ0) is 31.7. The molecule has 0 fully saturated rings. The molecule has 0 radical (unpaired) electrons. The van der Waals surface area contributed by atoms with E-state index in [1.54, 1.807) is 38.1 Å². The fourth-order valence-corrected chi connectivity index (χ4v) is 5.91. The van der Waals surface area contributed by atoms with Crippen molar-refractivity contribution in [2.24, 2.45) is 4.99 Å². The van der Waals surface area contributed by atoms with Crippen LogP contribution < -0.4 is 29.1 Å². The topological polar surface area (TPSA) is 145 Å². The molecular weight excluding hydrogens is 597 g/mol. The van der Waals surface area contributed by atoms with Crippen LogP contribution in [-0.2, 0) is 9.53 Å². The molecule has 2 aromatic heterocycles. The summed E-state index contributed by atoms with van der Waals surface area (Å²) >= 11 is 1.08. The number of benzene rings is 2. The van der Waals surface area contributed by atoms with Gasteiger partial charge in [-0.05, 0) is 55.8 Å². The SMILES string of the molecule is CCOC(=O)C1=C(C)N=c2s/c(=C\c3ccc(-c4ccc(F)c([N+](=O)[O-])c4)o3)c(=O)n2[C@@H]1c1cc(OC)c(OC)c(OC)c1. The summed E-state index contributed by atoms with van der Waals surface area (Å²) in [6.07, 6.45) is 1.50. The molecule has 3 heterocycles. The number of allylic oxidation sites excluding steroid dienone is 1. The fourth-order valence-electron chi connectivity index (χ4n) is 4.89. The average Bonchev–Trinajstić information content (AvgIpc) is 3.59. The normalized spacial score (nSPS) is 14.6. The Morgan fingerprint density at radius 3 is 2.45 bits per heavy atom.